The van der Waals surface area contributed by atoms with E-state index in [4.69, 9.17) is 4.74 Å². The maximum atomic E-state index is 11.6. The Kier molecular flexibility index (Phi) is 5.39. The summed E-state index contributed by atoms with van der Waals surface area (Å²) in [5, 5.41) is 3.23. The van der Waals surface area contributed by atoms with Gasteiger partial charge in [-0.1, -0.05) is 12.8 Å². The first-order valence-electron chi connectivity index (χ1n) is 7.01. The molecule has 0 atom stereocenters. The van der Waals surface area contributed by atoms with Crippen molar-refractivity contribution in [1.29, 1.82) is 0 Å². The lowest BCUT2D eigenvalue weighted by atomic mass is 10.3. The van der Waals surface area contributed by atoms with Gasteiger partial charge in [0.2, 0.25) is 10.0 Å². The van der Waals surface area contributed by atoms with E-state index in [0.29, 0.717) is 12.7 Å². The molecule has 5 nitrogen and oxygen atoms in total. The van der Waals surface area contributed by atoms with Gasteiger partial charge in [-0.25, -0.2) is 13.1 Å². The van der Waals surface area contributed by atoms with Gasteiger partial charge in [0, 0.05) is 12.2 Å². The van der Waals surface area contributed by atoms with Crippen LogP contribution in [0, 0.1) is 0 Å². The Morgan fingerprint density at radius 1 is 1.20 bits per heavy atom. The molecule has 1 fully saturated rings. The summed E-state index contributed by atoms with van der Waals surface area (Å²) in [4.78, 5) is 0.271. The van der Waals surface area contributed by atoms with Crippen molar-refractivity contribution in [2.24, 2.45) is 0 Å². The van der Waals surface area contributed by atoms with Crippen LogP contribution in [0.2, 0.25) is 0 Å². The van der Waals surface area contributed by atoms with Crippen molar-refractivity contribution >= 4 is 15.7 Å². The van der Waals surface area contributed by atoms with Gasteiger partial charge in [-0.2, -0.15) is 0 Å². The predicted octanol–water partition coefficient (Wildman–Crippen LogP) is 1.97. The molecular formula is C14H22N2O3S. The van der Waals surface area contributed by atoms with E-state index in [2.05, 4.69) is 10.0 Å². The Hall–Kier alpha value is -1.11. The first-order valence-corrected chi connectivity index (χ1v) is 8.49. The van der Waals surface area contributed by atoms with Crippen LogP contribution in [0.4, 0.5) is 5.69 Å². The average molecular weight is 298 g/mol. The number of ether oxygens (including phenoxy) is 1. The lowest BCUT2D eigenvalue weighted by molar-refractivity contribution is 0.0659. The minimum atomic E-state index is -3.35. The van der Waals surface area contributed by atoms with Crippen molar-refractivity contribution in [3.05, 3.63) is 24.3 Å². The van der Waals surface area contributed by atoms with Gasteiger partial charge < -0.3 is 10.1 Å². The molecular weight excluding hydrogens is 276 g/mol. The summed E-state index contributed by atoms with van der Waals surface area (Å²) in [6.45, 7) is 1.41. The molecule has 0 aromatic heterocycles. The summed E-state index contributed by atoms with van der Waals surface area (Å²) in [5.41, 5.74) is 0.898. The van der Waals surface area contributed by atoms with Crippen LogP contribution in [0.5, 0.6) is 0 Å². The van der Waals surface area contributed by atoms with Gasteiger partial charge in [-0.05, 0) is 44.2 Å². The van der Waals surface area contributed by atoms with E-state index < -0.39 is 10.0 Å². The van der Waals surface area contributed by atoms with Crippen LogP contribution in [0.1, 0.15) is 25.7 Å². The van der Waals surface area contributed by atoms with Crippen molar-refractivity contribution in [2.75, 3.05) is 25.5 Å². The van der Waals surface area contributed by atoms with E-state index >= 15 is 0 Å². The average Bonchev–Trinajstić information content (AvgIpc) is 2.97. The predicted molar refractivity (Wildman–Crippen MR) is 79.4 cm³/mol. The molecule has 1 saturated carbocycles. The molecule has 0 radical (unpaired) electrons. The minimum Gasteiger partial charge on any atom is -0.383 e. The Labute approximate surface area is 120 Å². The standard InChI is InChI=1S/C14H22N2O3S/c1-15-20(17,18)14-8-6-12(7-9-14)16-10-11-19-13-4-2-3-5-13/h6-9,13,15-16H,2-5,10-11H2,1H3. The molecule has 1 aliphatic rings. The molecule has 112 valence electrons. The normalized spacial score (nSPS) is 16.4. The van der Waals surface area contributed by atoms with Crippen LogP contribution in [0.15, 0.2) is 29.2 Å². The van der Waals surface area contributed by atoms with Crippen molar-refractivity contribution in [1.82, 2.24) is 4.72 Å². The van der Waals surface area contributed by atoms with Crippen LogP contribution < -0.4 is 10.0 Å². The number of hydrogen-bond acceptors (Lipinski definition) is 4. The second kappa shape index (κ2) is 7.06. The highest BCUT2D eigenvalue weighted by Gasteiger charge is 2.14. The van der Waals surface area contributed by atoms with Crippen molar-refractivity contribution < 1.29 is 13.2 Å². The first kappa shape index (κ1) is 15.3. The molecule has 0 amide bonds. The smallest absolute Gasteiger partial charge is 0.240 e. The fourth-order valence-electron chi connectivity index (χ4n) is 2.35. The summed E-state index contributed by atoms with van der Waals surface area (Å²) in [6, 6.07) is 6.71. The van der Waals surface area contributed by atoms with E-state index in [9.17, 15) is 8.42 Å². The molecule has 2 N–H and O–H groups in total. The van der Waals surface area contributed by atoms with Crippen LogP contribution in [-0.4, -0.2) is 34.7 Å². The zero-order valence-corrected chi connectivity index (χ0v) is 12.6. The summed E-state index contributed by atoms with van der Waals surface area (Å²) in [5.74, 6) is 0. The highest BCUT2D eigenvalue weighted by atomic mass is 32.2. The highest BCUT2D eigenvalue weighted by Crippen LogP contribution is 2.20. The van der Waals surface area contributed by atoms with Crippen molar-refractivity contribution in [3.8, 4) is 0 Å². The van der Waals surface area contributed by atoms with Gasteiger partial charge >= 0.3 is 0 Å². The van der Waals surface area contributed by atoms with E-state index in [1.165, 1.54) is 32.7 Å². The minimum absolute atomic E-state index is 0.271. The van der Waals surface area contributed by atoms with Gasteiger partial charge in [0.25, 0.3) is 0 Å². The van der Waals surface area contributed by atoms with Crippen molar-refractivity contribution in [3.63, 3.8) is 0 Å². The Morgan fingerprint density at radius 2 is 1.85 bits per heavy atom. The maximum absolute atomic E-state index is 11.6. The Morgan fingerprint density at radius 3 is 2.45 bits per heavy atom. The molecule has 0 bridgehead atoms. The fraction of sp³-hybridized carbons (Fsp3) is 0.571. The number of anilines is 1. The largest absolute Gasteiger partial charge is 0.383 e. The van der Waals surface area contributed by atoms with Gasteiger partial charge in [-0.15, -0.1) is 0 Å². The maximum Gasteiger partial charge on any atom is 0.240 e. The molecule has 0 spiro atoms. The molecule has 0 saturated heterocycles. The number of nitrogens with one attached hydrogen (secondary N) is 2. The number of hydrogen-bond donors (Lipinski definition) is 2. The molecule has 1 aromatic carbocycles. The molecule has 0 unspecified atom stereocenters. The quantitative estimate of drug-likeness (QED) is 0.755. The highest BCUT2D eigenvalue weighted by molar-refractivity contribution is 7.89. The monoisotopic (exact) mass is 298 g/mol. The molecule has 1 aromatic rings. The van der Waals surface area contributed by atoms with E-state index in [0.717, 1.165) is 12.2 Å². The lowest BCUT2D eigenvalue weighted by Gasteiger charge is -2.12. The summed E-state index contributed by atoms with van der Waals surface area (Å²) < 4.78 is 31.2. The van der Waals surface area contributed by atoms with Gasteiger partial charge in [0.15, 0.2) is 0 Å². The molecule has 2 rings (SSSR count). The first-order chi connectivity index (χ1) is 9.62. The summed E-state index contributed by atoms with van der Waals surface area (Å²) in [6.07, 6.45) is 5.34. The van der Waals surface area contributed by atoms with Gasteiger partial charge in [0.1, 0.15) is 0 Å². The van der Waals surface area contributed by atoms with Crippen molar-refractivity contribution in [2.45, 2.75) is 36.7 Å². The van der Waals surface area contributed by atoms with Crippen LogP contribution >= 0.6 is 0 Å². The topological polar surface area (TPSA) is 67.4 Å². The lowest BCUT2D eigenvalue weighted by Crippen LogP contribution is -2.18. The van der Waals surface area contributed by atoms with E-state index in [-0.39, 0.29) is 4.90 Å². The van der Waals surface area contributed by atoms with Crippen LogP contribution in [-0.2, 0) is 14.8 Å². The van der Waals surface area contributed by atoms with Gasteiger partial charge in [0.05, 0.1) is 17.6 Å². The third-order valence-corrected chi connectivity index (χ3v) is 4.95. The Bertz CT molecular complexity index is 508. The SMILES string of the molecule is CNS(=O)(=O)c1ccc(NCCOC2CCCC2)cc1. The van der Waals surface area contributed by atoms with E-state index in [1.807, 2.05) is 0 Å². The third-order valence-electron chi connectivity index (χ3n) is 3.52. The molecule has 1 aliphatic carbocycles. The zero-order valence-electron chi connectivity index (χ0n) is 11.8. The Balaban J connectivity index is 1.76. The van der Waals surface area contributed by atoms with Crippen LogP contribution in [0.25, 0.3) is 0 Å². The van der Waals surface area contributed by atoms with Gasteiger partial charge in [-0.3, -0.25) is 0 Å². The number of sulfonamides is 1. The molecule has 0 aliphatic heterocycles. The summed E-state index contributed by atoms with van der Waals surface area (Å²) in [7, 11) is -1.95. The fourth-order valence-corrected chi connectivity index (χ4v) is 3.08. The zero-order chi connectivity index (χ0) is 14.4. The second-order valence-electron chi connectivity index (χ2n) is 4.94. The third kappa shape index (κ3) is 4.19. The van der Waals surface area contributed by atoms with E-state index in [1.54, 1.807) is 24.3 Å². The molecule has 0 heterocycles. The van der Waals surface area contributed by atoms with Crippen LogP contribution in [0.3, 0.4) is 0 Å². The number of benzene rings is 1. The molecule has 20 heavy (non-hydrogen) atoms. The second-order valence-corrected chi connectivity index (χ2v) is 6.82. The summed E-state index contributed by atoms with van der Waals surface area (Å²) >= 11 is 0. The number of rotatable bonds is 7. The molecule has 6 heteroatoms.